The highest BCUT2D eigenvalue weighted by atomic mass is 19.1. The van der Waals surface area contributed by atoms with Crippen molar-refractivity contribution in [1.82, 2.24) is 15.2 Å². The normalized spacial score (nSPS) is 28.2. The third-order valence-corrected chi connectivity index (χ3v) is 7.57. The van der Waals surface area contributed by atoms with Crippen LogP contribution in [0.4, 0.5) is 20.7 Å². The lowest BCUT2D eigenvalue weighted by atomic mass is 9.69. The number of hydrogen-bond acceptors (Lipinski definition) is 4. The minimum atomic E-state index is -0.383. The first kappa shape index (κ1) is 20.2. The zero-order valence-corrected chi connectivity index (χ0v) is 18.3. The van der Waals surface area contributed by atoms with Gasteiger partial charge in [0.25, 0.3) is 0 Å². The zero-order valence-electron chi connectivity index (χ0n) is 18.3. The maximum atomic E-state index is 14.9. The fraction of sp³-hybridized carbons (Fsp3) is 0.500. The van der Waals surface area contributed by atoms with Gasteiger partial charge in [0.1, 0.15) is 5.82 Å². The number of amides is 2. The Bertz CT molecular complexity index is 967. The van der Waals surface area contributed by atoms with Gasteiger partial charge in [-0.25, -0.2) is 14.2 Å². The van der Waals surface area contributed by atoms with Crippen molar-refractivity contribution < 1.29 is 9.18 Å². The first-order valence-electron chi connectivity index (χ1n) is 11.2. The molecule has 3 fully saturated rings. The summed E-state index contributed by atoms with van der Waals surface area (Å²) < 4.78 is 14.9. The summed E-state index contributed by atoms with van der Waals surface area (Å²) in [6.07, 6.45) is 6.20. The van der Waals surface area contributed by atoms with Crippen molar-refractivity contribution in [2.45, 2.75) is 43.2 Å². The van der Waals surface area contributed by atoms with E-state index in [2.05, 4.69) is 53.6 Å². The summed E-state index contributed by atoms with van der Waals surface area (Å²) in [5, 5.41) is 3.20. The van der Waals surface area contributed by atoms with Crippen LogP contribution < -0.4 is 15.1 Å². The quantitative estimate of drug-likeness (QED) is 0.814. The van der Waals surface area contributed by atoms with E-state index in [0.717, 1.165) is 45.2 Å². The molecule has 7 heteroatoms. The molecular formula is C24H30FN5O. The zero-order chi connectivity index (χ0) is 21.6. The third kappa shape index (κ3) is 3.35. The van der Waals surface area contributed by atoms with E-state index in [0.29, 0.717) is 12.4 Å². The van der Waals surface area contributed by atoms with Gasteiger partial charge in [-0.15, -0.1) is 0 Å². The largest absolute Gasteiger partial charge is 0.356 e. The Kier molecular flexibility index (Phi) is 4.88. The van der Waals surface area contributed by atoms with Gasteiger partial charge in [-0.3, -0.25) is 9.80 Å². The average molecular weight is 424 g/mol. The molecule has 0 unspecified atom stereocenters. The van der Waals surface area contributed by atoms with Crippen molar-refractivity contribution in [2.75, 3.05) is 43.5 Å². The van der Waals surface area contributed by atoms with Gasteiger partial charge in [0.05, 0.1) is 24.0 Å². The van der Waals surface area contributed by atoms with Gasteiger partial charge in [-0.2, -0.15) is 0 Å². The second kappa shape index (κ2) is 7.48. The van der Waals surface area contributed by atoms with Gasteiger partial charge >= 0.3 is 6.03 Å². The number of urea groups is 1. The number of nitrogens with one attached hydrogen (secondary N) is 1. The predicted octanol–water partition coefficient (Wildman–Crippen LogP) is 3.73. The van der Waals surface area contributed by atoms with Crippen LogP contribution in [0, 0.1) is 5.82 Å². The van der Waals surface area contributed by atoms with Crippen LogP contribution in [0.5, 0.6) is 0 Å². The number of rotatable bonds is 4. The summed E-state index contributed by atoms with van der Waals surface area (Å²) in [5.74, 6) is 0.268. The van der Waals surface area contributed by atoms with Crippen LogP contribution in [0.15, 0.2) is 42.6 Å². The van der Waals surface area contributed by atoms with Crippen molar-refractivity contribution in [2.24, 2.45) is 0 Å². The number of carbonyl (C=O) groups is 1. The Labute approximate surface area is 183 Å². The number of carbonyl (C=O) groups excluding carboxylic acids is 1. The fourth-order valence-electron chi connectivity index (χ4n) is 5.40. The molecular weight excluding hydrogens is 393 g/mol. The molecule has 1 aromatic carbocycles. The number of pyridine rings is 1. The maximum Gasteiger partial charge on any atom is 0.322 e. The minimum absolute atomic E-state index is 0.0453. The Hall–Kier alpha value is -2.67. The number of halogens is 1. The predicted molar refractivity (Wildman–Crippen MR) is 120 cm³/mol. The average Bonchev–Trinajstić information content (AvgIpc) is 3.04. The molecule has 3 heterocycles. The number of anilines is 2. The molecule has 0 radical (unpaired) electrons. The van der Waals surface area contributed by atoms with E-state index < -0.39 is 0 Å². The molecule has 2 amide bonds. The van der Waals surface area contributed by atoms with Crippen molar-refractivity contribution in [1.29, 1.82) is 0 Å². The summed E-state index contributed by atoms with van der Waals surface area (Å²) >= 11 is 0. The molecule has 1 saturated carbocycles. The smallest absolute Gasteiger partial charge is 0.322 e. The molecule has 5 rings (SSSR count). The van der Waals surface area contributed by atoms with Crippen LogP contribution in [0.1, 0.15) is 37.7 Å². The summed E-state index contributed by atoms with van der Waals surface area (Å²) in [7, 11) is 4.26. The highest BCUT2D eigenvalue weighted by Gasteiger charge is 2.50. The molecule has 0 bridgehead atoms. The lowest BCUT2D eigenvalue weighted by molar-refractivity contribution is 0.0657. The minimum Gasteiger partial charge on any atom is -0.356 e. The molecule has 1 N–H and O–H groups in total. The van der Waals surface area contributed by atoms with Crippen molar-refractivity contribution in [3.63, 3.8) is 0 Å². The van der Waals surface area contributed by atoms with E-state index in [-0.39, 0.29) is 28.6 Å². The highest BCUT2D eigenvalue weighted by molar-refractivity contribution is 5.95. The Morgan fingerprint density at radius 1 is 1.10 bits per heavy atom. The van der Waals surface area contributed by atoms with Crippen LogP contribution in [-0.4, -0.2) is 55.2 Å². The second-order valence-electron chi connectivity index (χ2n) is 9.42. The molecule has 2 aromatic rings. The van der Waals surface area contributed by atoms with E-state index in [9.17, 15) is 9.18 Å². The van der Waals surface area contributed by atoms with Crippen molar-refractivity contribution in [3.05, 3.63) is 54.0 Å². The molecule has 1 spiro atoms. The molecule has 1 aromatic heterocycles. The number of aromatic nitrogens is 1. The van der Waals surface area contributed by atoms with Crippen LogP contribution in [-0.2, 0) is 5.54 Å². The lowest BCUT2D eigenvalue weighted by Gasteiger charge is -2.48. The summed E-state index contributed by atoms with van der Waals surface area (Å²) in [5.41, 5.74) is 1.21. The standard InChI is InChI=1S/C24H30FN5O/c1-28(2)24(18-7-4-3-5-8-18)11-9-23(10-12-24)17-30(22(31)27-23)20-16-26-21(15-19(20)25)29-13-6-14-29/h3-5,7-8,15-16H,6,9-14,17H2,1-2H3,(H,27,31). The summed E-state index contributed by atoms with van der Waals surface area (Å²) in [4.78, 5) is 23.2. The van der Waals surface area contributed by atoms with E-state index >= 15 is 0 Å². The number of hydrogen-bond donors (Lipinski definition) is 1. The van der Waals surface area contributed by atoms with Crippen LogP contribution in [0.2, 0.25) is 0 Å². The SMILES string of the molecule is CN(C)C1(c2ccccc2)CCC2(CC1)CN(c1cnc(N3CCC3)cc1F)C(=O)N2. The Morgan fingerprint density at radius 3 is 2.39 bits per heavy atom. The van der Waals surface area contributed by atoms with Gasteiger partial charge in [0.15, 0.2) is 5.82 Å². The topological polar surface area (TPSA) is 51.7 Å². The van der Waals surface area contributed by atoms with Crippen molar-refractivity contribution in [3.8, 4) is 0 Å². The molecule has 2 saturated heterocycles. The van der Waals surface area contributed by atoms with E-state index in [4.69, 9.17) is 0 Å². The molecule has 2 aliphatic heterocycles. The van der Waals surface area contributed by atoms with Crippen LogP contribution in [0.3, 0.4) is 0 Å². The molecule has 1 aliphatic carbocycles. The Balaban J connectivity index is 1.35. The highest BCUT2D eigenvalue weighted by Crippen LogP contribution is 2.46. The Morgan fingerprint density at radius 2 is 1.81 bits per heavy atom. The van der Waals surface area contributed by atoms with Gasteiger partial charge in [-0.1, -0.05) is 30.3 Å². The fourth-order valence-corrected chi connectivity index (χ4v) is 5.40. The molecule has 164 valence electrons. The lowest BCUT2D eigenvalue weighted by Crippen LogP contribution is -2.54. The summed E-state index contributed by atoms with van der Waals surface area (Å²) in [6.45, 7) is 2.30. The second-order valence-corrected chi connectivity index (χ2v) is 9.42. The van der Waals surface area contributed by atoms with Gasteiger partial charge in [0.2, 0.25) is 0 Å². The molecule has 6 nitrogen and oxygen atoms in total. The van der Waals surface area contributed by atoms with E-state index in [1.807, 2.05) is 11.0 Å². The number of benzene rings is 1. The maximum absolute atomic E-state index is 14.9. The van der Waals surface area contributed by atoms with E-state index in [1.54, 1.807) is 0 Å². The van der Waals surface area contributed by atoms with Crippen LogP contribution in [0.25, 0.3) is 0 Å². The first-order chi connectivity index (χ1) is 14.9. The van der Waals surface area contributed by atoms with Crippen molar-refractivity contribution >= 4 is 17.5 Å². The van der Waals surface area contributed by atoms with Gasteiger partial charge in [-0.05, 0) is 51.8 Å². The number of nitrogens with zero attached hydrogens (tertiary/aromatic N) is 4. The first-order valence-corrected chi connectivity index (χ1v) is 11.2. The van der Waals surface area contributed by atoms with E-state index in [1.165, 1.54) is 22.7 Å². The van der Waals surface area contributed by atoms with Gasteiger partial charge < -0.3 is 10.2 Å². The summed E-state index contributed by atoms with van der Waals surface area (Å²) in [6, 6.07) is 11.8. The molecule has 3 aliphatic rings. The van der Waals surface area contributed by atoms with Crippen LogP contribution >= 0.6 is 0 Å². The van der Waals surface area contributed by atoms with Gasteiger partial charge in [0, 0.05) is 24.7 Å². The third-order valence-electron chi connectivity index (χ3n) is 7.57. The monoisotopic (exact) mass is 423 g/mol. The molecule has 0 atom stereocenters. The molecule has 31 heavy (non-hydrogen) atoms.